The molecule has 0 saturated heterocycles. The third kappa shape index (κ3) is 3.59. The zero-order valence-electron chi connectivity index (χ0n) is 13.9. The van der Waals surface area contributed by atoms with Gasteiger partial charge >= 0.3 is 0 Å². The molecule has 2 aromatic carbocycles. The van der Waals surface area contributed by atoms with Gasteiger partial charge in [0.15, 0.2) is 11.0 Å². The molecule has 1 unspecified atom stereocenters. The third-order valence-corrected chi connectivity index (χ3v) is 5.43. The highest BCUT2D eigenvalue weighted by atomic mass is 35.5. The molecule has 1 heterocycles. The van der Waals surface area contributed by atoms with Gasteiger partial charge in [-0.05, 0) is 30.7 Å². The number of nitrogens with two attached hydrogens (primary N) is 1. The number of benzene rings is 2. The maximum Gasteiger partial charge on any atom is 0.231 e. The first-order valence-corrected chi connectivity index (χ1v) is 9.19. The lowest BCUT2D eigenvalue weighted by molar-refractivity contribution is -0.117. The van der Waals surface area contributed by atoms with E-state index in [1.54, 1.807) is 41.0 Å². The Morgan fingerprint density at radius 1 is 1.23 bits per heavy atom. The zero-order chi connectivity index (χ0) is 18.7. The van der Waals surface area contributed by atoms with E-state index in [0.717, 1.165) is 11.8 Å². The summed E-state index contributed by atoms with van der Waals surface area (Å²) in [5.74, 6) is -0.503. The van der Waals surface area contributed by atoms with Gasteiger partial charge in [-0.25, -0.2) is 4.39 Å². The standard InChI is InChI=1S/C18H16ClFN4OS/c1-2-15(16(21)25)26-18-23-22-17(11-7-3-4-8-12(11)19)24(18)14-10-6-5-9-13(14)20/h3-10,15H,2H2,1H3,(H2,21,25). The van der Waals surface area contributed by atoms with Gasteiger partial charge in [-0.3, -0.25) is 9.36 Å². The number of hydrogen-bond acceptors (Lipinski definition) is 4. The van der Waals surface area contributed by atoms with Crippen LogP contribution in [-0.4, -0.2) is 25.9 Å². The van der Waals surface area contributed by atoms with E-state index in [4.69, 9.17) is 17.3 Å². The van der Waals surface area contributed by atoms with Crippen LogP contribution < -0.4 is 5.73 Å². The normalized spacial score (nSPS) is 12.1. The van der Waals surface area contributed by atoms with E-state index >= 15 is 0 Å². The van der Waals surface area contributed by atoms with Crippen LogP contribution in [-0.2, 0) is 4.79 Å². The number of nitrogens with zero attached hydrogens (tertiary/aromatic N) is 3. The van der Waals surface area contributed by atoms with E-state index in [2.05, 4.69) is 10.2 Å². The van der Waals surface area contributed by atoms with Crippen LogP contribution in [0.4, 0.5) is 4.39 Å². The second-order valence-electron chi connectivity index (χ2n) is 5.49. The fourth-order valence-electron chi connectivity index (χ4n) is 2.48. The number of carbonyl (C=O) groups is 1. The van der Waals surface area contributed by atoms with Crippen molar-refractivity contribution in [3.05, 3.63) is 59.4 Å². The number of hydrogen-bond donors (Lipinski definition) is 1. The molecule has 0 saturated carbocycles. The minimum Gasteiger partial charge on any atom is -0.369 e. The van der Waals surface area contributed by atoms with Crippen LogP contribution in [0, 0.1) is 5.82 Å². The van der Waals surface area contributed by atoms with E-state index in [1.165, 1.54) is 6.07 Å². The molecule has 0 radical (unpaired) electrons. The highest BCUT2D eigenvalue weighted by molar-refractivity contribution is 8.00. The fourth-order valence-corrected chi connectivity index (χ4v) is 3.62. The molecule has 2 N–H and O–H groups in total. The Bertz CT molecular complexity index is 946. The topological polar surface area (TPSA) is 73.8 Å². The summed E-state index contributed by atoms with van der Waals surface area (Å²) in [6.45, 7) is 1.85. The Labute approximate surface area is 159 Å². The minimum atomic E-state index is -0.496. The number of para-hydroxylation sites is 1. The molecule has 0 spiro atoms. The van der Waals surface area contributed by atoms with Crippen molar-refractivity contribution in [1.82, 2.24) is 14.8 Å². The van der Waals surface area contributed by atoms with Crippen molar-refractivity contribution >= 4 is 29.3 Å². The van der Waals surface area contributed by atoms with Crippen molar-refractivity contribution in [1.29, 1.82) is 0 Å². The zero-order valence-corrected chi connectivity index (χ0v) is 15.5. The molecular weight excluding hydrogens is 375 g/mol. The first-order chi connectivity index (χ1) is 12.5. The number of rotatable bonds is 6. The van der Waals surface area contributed by atoms with E-state index in [-0.39, 0.29) is 5.69 Å². The number of primary amides is 1. The quantitative estimate of drug-likeness (QED) is 0.643. The Kier molecular flexibility index (Phi) is 5.58. The predicted octanol–water partition coefficient (Wildman–Crippen LogP) is 4.08. The summed E-state index contributed by atoms with van der Waals surface area (Å²) < 4.78 is 16.1. The van der Waals surface area contributed by atoms with Crippen LogP contribution in [0.2, 0.25) is 5.02 Å². The summed E-state index contributed by atoms with van der Waals surface area (Å²) in [5.41, 5.74) is 6.33. The average Bonchev–Trinajstić information content (AvgIpc) is 3.03. The van der Waals surface area contributed by atoms with Crippen molar-refractivity contribution < 1.29 is 9.18 Å². The SMILES string of the molecule is CCC(Sc1nnc(-c2ccccc2Cl)n1-c1ccccc1F)C(N)=O. The average molecular weight is 391 g/mol. The van der Waals surface area contributed by atoms with Crippen molar-refractivity contribution in [3.8, 4) is 17.1 Å². The van der Waals surface area contributed by atoms with E-state index in [1.807, 2.05) is 13.0 Å². The molecule has 0 aliphatic heterocycles. The molecule has 0 aliphatic carbocycles. The van der Waals surface area contributed by atoms with E-state index in [9.17, 15) is 9.18 Å². The van der Waals surface area contributed by atoms with Gasteiger partial charge in [0, 0.05) is 5.56 Å². The first kappa shape index (κ1) is 18.4. The van der Waals surface area contributed by atoms with Crippen LogP contribution in [0.1, 0.15) is 13.3 Å². The Hall–Kier alpha value is -2.38. The van der Waals surface area contributed by atoms with Gasteiger partial charge in [0.2, 0.25) is 5.91 Å². The van der Waals surface area contributed by atoms with Crippen molar-refractivity contribution in [2.45, 2.75) is 23.8 Å². The Morgan fingerprint density at radius 3 is 2.58 bits per heavy atom. The number of halogens is 2. The highest BCUT2D eigenvalue weighted by Crippen LogP contribution is 2.34. The summed E-state index contributed by atoms with van der Waals surface area (Å²) in [6, 6.07) is 13.4. The van der Waals surface area contributed by atoms with Crippen LogP contribution in [0.5, 0.6) is 0 Å². The van der Waals surface area contributed by atoms with Crippen LogP contribution >= 0.6 is 23.4 Å². The molecule has 5 nitrogen and oxygen atoms in total. The Morgan fingerprint density at radius 2 is 1.92 bits per heavy atom. The third-order valence-electron chi connectivity index (χ3n) is 3.78. The lowest BCUT2D eigenvalue weighted by atomic mass is 10.2. The van der Waals surface area contributed by atoms with Gasteiger partial charge in [0.25, 0.3) is 0 Å². The second kappa shape index (κ2) is 7.88. The van der Waals surface area contributed by atoms with E-state index < -0.39 is 17.0 Å². The first-order valence-electron chi connectivity index (χ1n) is 7.94. The molecule has 0 fully saturated rings. The lowest BCUT2D eigenvalue weighted by Gasteiger charge is -2.14. The molecule has 26 heavy (non-hydrogen) atoms. The molecule has 3 rings (SSSR count). The lowest BCUT2D eigenvalue weighted by Crippen LogP contribution is -2.25. The van der Waals surface area contributed by atoms with Gasteiger partial charge in [0.05, 0.1) is 16.0 Å². The van der Waals surface area contributed by atoms with Gasteiger partial charge in [-0.15, -0.1) is 10.2 Å². The smallest absolute Gasteiger partial charge is 0.231 e. The van der Waals surface area contributed by atoms with Gasteiger partial charge in [-0.1, -0.05) is 54.6 Å². The number of thioether (sulfide) groups is 1. The van der Waals surface area contributed by atoms with Crippen molar-refractivity contribution in [3.63, 3.8) is 0 Å². The van der Waals surface area contributed by atoms with Gasteiger partial charge in [0.1, 0.15) is 5.82 Å². The molecule has 0 bridgehead atoms. The summed E-state index contributed by atoms with van der Waals surface area (Å²) in [5, 5.41) is 8.71. The van der Waals surface area contributed by atoms with Gasteiger partial charge in [-0.2, -0.15) is 0 Å². The molecule has 3 aromatic rings. The monoisotopic (exact) mass is 390 g/mol. The van der Waals surface area contributed by atoms with E-state index in [0.29, 0.717) is 28.0 Å². The maximum absolute atomic E-state index is 14.5. The summed E-state index contributed by atoms with van der Waals surface area (Å²) in [6.07, 6.45) is 0.519. The summed E-state index contributed by atoms with van der Waals surface area (Å²) >= 11 is 7.45. The van der Waals surface area contributed by atoms with Crippen molar-refractivity contribution in [2.24, 2.45) is 5.73 Å². The molecule has 134 valence electrons. The van der Waals surface area contributed by atoms with Gasteiger partial charge < -0.3 is 5.73 Å². The highest BCUT2D eigenvalue weighted by Gasteiger charge is 2.24. The molecule has 1 atom stereocenters. The Balaban J connectivity index is 2.19. The second-order valence-corrected chi connectivity index (χ2v) is 7.07. The molecule has 1 amide bonds. The van der Waals surface area contributed by atoms with Crippen molar-refractivity contribution in [2.75, 3.05) is 0 Å². The number of aromatic nitrogens is 3. The molecule has 1 aromatic heterocycles. The summed E-state index contributed by atoms with van der Waals surface area (Å²) in [4.78, 5) is 11.6. The van der Waals surface area contributed by atoms with Crippen LogP contribution in [0.3, 0.4) is 0 Å². The number of amides is 1. The van der Waals surface area contributed by atoms with Crippen LogP contribution in [0.25, 0.3) is 17.1 Å². The fraction of sp³-hybridized carbons (Fsp3) is 0.167. The summed E-state index contributed by atoms with van der Waals surface area (Å²) in [7, 11) is 0. The predicted molar refractivity (Wildman–Crippen MR) is 101 cm³/mol. The molecule has 8 heteroatoms. The molecular formula is C18H16ClFN4OS. The largest absolute Gasteiger partial charge is 0.369 e. The van der Waals surface area contributed by atoms with Crippen LogP contribution in [0.15, 0.2) is 53.7 Å². The maximum atomic E-state index is 14.5. The number of carbonyl (C=O) groups excluding carboxylic acids is 1. The molecule has 0 aliphatic rings. The minimum absolute atomic E-state index is 0.272.